The molecule has 0 aliphatic rings. The lowest BCUT2D eigenvalue weighted by Gasteiger charge is -1.93. The molecule has 0 bridgehead atoms. The Kier molecular flexibility index (Phi) is 3.22. The van der Waals surface area contributed by atoms with Crippen LogP contribution in [-0.2, 0) is 13.1 Å². The number of nitrogens with one attached hydrogen (secondary N) is 2. The number of aromatic amines is 1. The largest absolute Gasteiger partial charge is 0.346 e. The van der Waals surface area contributed by atoms with E-state index in [2.05, 4.69) is 15.3 Å². The van der Waals surface area contributed by atoms with Crippen molar-refractivity contribution in [3.63, 3.8) is 0 Å². The van der Waals surface area contributed by atoms with E-state index in [9.17, 15) is 4.39 Å². The predicted octanol–water partition coefficient (Wildman–Crippen LogP) is 0.950. The number of aryl methyl sites for hydroxylation is 1. The summed E-state index contributed by atoms with van der Waals surface area (Å²) in [5, 5.41) is 3.01. The second-order valence-electron chi connectivity index (χ2n) is 2.74. The Hall–Kier alpha value is -0.900. The van der Waals surface area contributed by atoms with Gasteiger partial charge in [0.15, 0.2) is 0 Å². The maximum absolute atomic E-state index is 12.2. The molecule has 0 spiro atoms. The Morgan fingerprint density at radius 1 is 1.58 bits per heavy atom. The Morgan fingerprint density at radius 2 is 2.33 bits per heavy atom. The highest BCUT2D eigenvalue weighted by atomic mass is 19.1. The Balaban J connectivity index is 2.62. The number of hydrogen-bond acceptors (Lipinski definition) is 2. The molecular formula is C8H14FN3. The summed E-state index contributed by atoms with van der Waals surface area (Å²) in [6.07, 6.45) is 0.817. The van der Waals surface area contributed by atoms with Crippen molar-refractivity contribution >= 4 is 0 Å². The highest BCUT2D eigenvalue weighted by molar-refractivity contribution is 5.12. The van der Waals surface area contributed by atoms with E-state index in [-0.39, 0.29) is 0 Å². The monoisotopic (exact) mass is 171 g/mol. The molecule has 0 fully saturated rings. The number of nitrogens with zero attached hydrogens (tertiary/aromatic N) is 1. The van der Waals surface area contributed by atoms with Crippen molar-refractivity contribution < 1.29 is 4.39 Å². The summed E-state index contributed by atoms with van der Waals surface area (Å²) in [5.74, 6) is 0.856. The zero-order valence-electron chi connectivity index (χ0n) is 7.45. The van der Waals surface area contributed by atoms with Crippen molar-refractivity contribution in [1.82, 2.24) is 15.3 Å². The highest BCUT2D eigenvalue weighted by Gasteiger charge is 2.04. The third-order valence-corrected chi connectivity index (χ3v) is 1.77. The van der Waals surface area contributed by atoms with Crippen LogP contribution in [0.15, 0.2) is 0 Å². The van der Waals surface area contributed by atoms with Crippen LogP contribution in [0.2, 0.25) is 0 Å². The third kappa shape index (κ3) is 2.04. The summed E-state index contributed by atoms with van der Waals surface area (Å²) in [6, 6.07) is 0. The summed E-state index contributed by atoms with van der Waals surface area (Å²) in [4.78, 5) is 7.13. The first kappa shape index (κ1) is 9.19. The summed E-state index contributed by atoms with van der Waals surface area (Å²) in [5.41, 5.74) is 1.37. The van der Waals surface area contributed by atoms with E-state index in [1.54, 1.807) is 0 Å². The molecule has 0 atom stereocenters. The smallest absolute Gasteiger partial charge is 0.133 e. The van der Waals surface area contributed by atoms with E-state index in [0.29, 0.717) is 5.69 Å². The van der Waals surface area contributed by atoms with Crippen molar-refractivity contribution in [3.8, 4) is 0 Å². The molecule has 0 unspecified atom stereocenters. The molecule has 2 N–H and O–H groups in total. The second kappa shape index (κ2) is 4.21. The zero-order valence-corrected chi connectivity index (χ0v) is 7.45. The van der Waals surface area contributed by atoms with E-state index < -0.39 is 6.67 Å². The number of hydrogen-bond donors (Lipinski definition) is 2. The van der Waals surface area contributed by atoms with Gasteiger partial charge in [-0.1, -0.05) is 0 Å². The number of alkyl halides is 1. The summed E-state index contributed by atoms with van der Waals surface area (Å²) in [6.45, 7) is 2.21. The fourth-order valence-corrected chi connectivity index (χ4v) is 1.06. The van der Waals surface area contributed by atoms with Crippen molar-refractivity contribution in [2.45, 2.75) is 20.0 Å². The first-order chi connectivity index (χ1) is 5.77. The predicted molar refractivity (Wildman–Crippen MR) is 45.8 cm³/mol. The topological polar surface area (TPSA) is 40.7 Å². The maximum atomic E-state index is 12.2. The number of H-pyrrole nitrogens is 1. The fourth-order valence-electron chi connectivity index (χ4n) is 1.06. The first-order valence-corrected chi connectivity index (χ1v) is 4.03. The number of imidazole rings is 1. The molecule has 0 aromatic carbocycles. The van der Waals surface area contributed by atoms with Gasteiger partial charge in [0.1, 0.15) is 12.5 Å². The Morgan fingerprint density at radius 3 is 2.83 bits per heavy atom. The van der Waals surface area contributed by atoms with Gasteiger partial charge in [0.2, 0.25) is 0 Å². The van der Waals surface area contributed by atoms with Crippen LogP contribution in [-0.4, -0.2) is 23.6 Å². The van der Waals surface area contributed by atoms with Gasteiger partial charge in [-0.3, -0.25) is 0 Å². The maximum Gasteiger partial charge on any atom is 0.133 e. The molecule has 0 aliphatic carbocycles. The number of rotatable bonds is 4. The molecule has 68 valence electrons. The van der Waals surface area contributed by atoms with E-state index in [1.165, 1.54) is 0 Å². The minimum absolute atomic E-state index is 0.484. The lowest BCUT2D eigenvalue weighted by Crippen LogP contribution is -2.11. The van der Waals surface area contributed by atoms with Crippen molar-refractivity contribution in [1.29, 1.82) is 0 Å². The van der Waals surface area contributed by atoms with Crippen LogP contribution in [0.4, 0.5) is 4.39 Å². The summed E-state index contributed by atoms with van der Waals surface area (Å²) in [7, 11) is 1.88. The van der Waals surface area contributed by atoms with Gasteiger partial charge in [-0.15, -0.1) is 0 Å². The van der Waals surface area contributed by atoms with Crippen LogP contribution >= 0.6 is 0 Å². The van der Waals surface area contributed by atoms with Crippen molar-refractivity contribution in [3.05, 3.63) is 17.2 Å². The molecule has 0 saturated carbocycles. The molecule has 3 nitrogen and oxygen atoms in total. The van der Waals surface area contributed by atoms with Gasteiger partial charge in [-0.25, -0.2) is 9.37 Å². The van der Waals surface area contributed by atoms with E-state index in [0.717, 1.165) is 24.5 Å². The molecule has 0 aliphatic heterocycles. The molecule has 1 heterocycles. The average Bonchev–Trinajstić information content (AvgIpc) is 2.43. The van der Waals surface area contributed by atoms with E-state index in [1.807, 2.05) is 14.0 Å². The third-order valence-electron chi connectivity index (χ3n) is 1.77. The van der Waals surface area contributed by atoms with Gasteiger partial charge in [0, 0.05) is 18.7 Å². The van der Waals surface area contributed by atoms with Crippen molar-refractivity contribution in [2.24, 2.45) is 0 Å². The van der Waals surface area contributed by atoms with Gasteiger partial charge < -0.3 is 10.3 Å². The summed E-state index contributed by atoms with van der Waals surface area (Å²) < 4.78 is 12.2. The van der Waals surface area contributed by atoms with Crippen LogP contribution in [0.1, 0.15) is 17.2 Å². The van der Waals surface area contributed by atoms with Crippen molar-refractivity contribution in [2.75, 3.05) is 13.6 Å². The van der Waals surface area contributed by atoms with Gasteiger partial charge in [0.25, 0.3) is 0 Å². The van der Waals surface area contributed by atoms with Gasteiger partial charge in [0.05, 0.1) is 5.69 Å². The second-order valence-corrected chi connectivity index (χ2v) is 2.74. The van der Waals surface area contributed by atoms with E-state index >= 15 is 0 Å². The SMILES string of the molecule is CNCCc1nc(CF)c(C)[nH]1. The minimum atomic E-state index is -0.484. The van der Waals surface area contributed by atoms with Gasteiger partial charge >= 0.3 is 0 Å². The van der Waals surface area contributed by atoms with Crippen LogP contribution in [0.25, 0.3) is 0 Å². The highest BCUT2D eigenvalue weighted by Crippen LogP contribution is 2.06. The van der Waals surface area contributed by atoms with Crippen LogP contribution < -0.4 is 5.32 Å². The van der Waals surface area contributed by atoms with Crippen LogP contribution in [0.5, 0.6) is 0 Å². The fraction of sp³-hybridized carbons (Fsp3) is 0.625. The molecule has 1 rings (SSSR count). The average molecular weight is 171 g/mol. The molecule has 0 amide bonds. The zero-order chi connectivity index (χ0) is 8.97. The normalized spacial score (nSPS) is 10.6. The molecular weight excluding hydrogens is 157 g/mol. The van der Waals surface area contributed by atoms with Crippen LogP contribution in [0.3, 0.4) is 0 Å². The Labute approximate surface area is 71.4 Å². The molecule has 1 aromatic rings. The lowest BCUT2D eigenvalue weighted by molar-refractivity contribution is 0.475. The van der Waals surface area contributed by atoms with Gasteiger partial charge in [-0.2, -0.15) is 0 Å². The van der Waals surface area contributed by atoms with E-state index in [4.69, 9.17) is 0 Å². The quantitative estimate of drug-likeness (QED) is 0.708. The minimum Gasteiger partial charge on any atom is -0.346 e. The summed E-state index contributed by atoms with van der Waals surface area (Å²) >= 11 is 0. The first-order valence-electron chi connectivity index (χ1n) is 4.03. The molecule has 4 heteroatoms. The standard InChI is InChI=1S/C8H14FN3/c1-6-7(5-9)12-8(11-6)3-4-10-2/h10H,3-5H2,1-2H3,(H,11,12). The molecule has 0 radical (unpaired) electrons. The lowest BCUT2D eigenvalue weighted by atomic mass is 10.4. The van der Waals surface area contributed by atoms with Gasteiger partial charge in [-0.05, 0) is 14.0 Å². The molecule has 0 saturated heterocycles. The number of likely N-dealkylation sites (N-methyl/N-ethyl adjacent to an activating group) is 1. The number of halogens is 1. The molecule has 12 heavy (non-hydrogen) atoms. The molecule has 1 aromatic heterocycles. The van der Waals surface area contributed by atoms with Crippen LogP contribution in [0, 0.1) is 6.92 Å². The Bertz CT molecular complexity index is 244. The number of aromatic nitrogens is 2.